The van der Waals surface area contributed by atoms with Gasteiger partial charge < -0.3 is 15.4 Å². The van der Waals surface area contributed by atoms with E-state index < -0.39 is 0 Å². The topological polar surface area (TPSA) is 38.5 Å². The number of nitrogen functional groups attached to an aromatic ring is 1. The Hall–Kier alpha value is -1.45. The van der Waals surface area contributed by atoms with Crippen molar-refractivity contribution in [1.82, 2.24) is 0 Å². The van der Waals surface area contributed by atoms with Gasteiger partial charge in [0.15, 0.2) is 0 Å². The second-order valence-corrected chi connectivity index (χ2v) is 4.95. The van der Waals surface area contributed by atoms with Gasteiger partial charge in [-0.15, -0.1) is 0 Å². The first-order valence-corrected chi connectivity index (χ1v) is 6.49. The maximum atomic E-state index is 14.0. The maximum Gasteiger partial charge on any atom is 0.148 e. The first kappa shape index (κ1) is 13.0. The number of hydrogen-bond acceptors (Lipinski definition) is 3. The minimum absolute atomic E-state index is 0.277. The van der Waals surface area contributed by atoms with Crippen molar-refractivity contribution in [1.29, 1.82) is 0 Å². The van der Waals surface area contributed by atoms with Gasteiger partial charge in [-0.05, 0) is 12.8 Å². The van der Waals surface area contributed by atoms with E-state index in [1.807, 2.05) is 11.9 Å². The average molecular weight is 252 g/mol. The average Bonchev–Trinajstić information content (AvgIpc) is 2.39. The monoisotopic (exact) mass is 252 g/mol. The molecule has 1 fully saturated rings. The largest absolute Gasteiger partial charge is 0.495 e. The van der Waals surface area contributed by atoms with Gasteiger partial charge in [-0.1, -0.05) is 19.3 Å². The van der Waals surface area contributed by atoms with Crippen molar-refractivity contribution in [3.8, 4) is 5.75 Å². The molecular weight excluding hydrogens is 231 g/mol. The van der Waals surface area contributed by atoms with Gasteiger partial charge in [0.2, 0.25) is 0 Å². The highest BCUT2D eigenvalue weighted by atomic mass is 19.1. The Kier molecular flexibility index (Phi) is 3.94. The van der Waals surface area contributed by atoms with Crippen molar-refractivity contribution in [3.05, 3.63) is 17.9 Å². The van der Waals surface area contributed by atoms with E-state index in [0.29, 0.717) is 23.2 Å². The Morgan fingerprint density at radius 1 is 1.28 bits per heavy atom. The summed E-state index contributed by atoms with van der Waals surface area (Å²) >= 11 is 0. The van der Waals surface area contributed by atoms with Crippen molar-refractivity contribution < 1.29 is 9.13 Å². The fourth-order valence-electron chi connectivity index (χ4n) is 2.67. The van der Waals surface area contributed by atoms with Crippen LogP contribution in [0.25, 0.3) is 0 Å². The molecule has 100 valence electrons. The summed E-state index contributed by atoms with van der Waals surface area (Å²) in [7, 11) is 3.50. The number of methoxy groups -OCH3 is 1. The molecule has 0 radical (unpaired) electrons. The molecule has 0 aliphatic heterocycles. The predicted octanol–water partition coefficient (Wildman–Crippen LogP) is 3.19. The molecule has 3 nitrogen and oxygen atoms in total. The lowest BCUT2D eigenvalue weighted by atomic mass is 9.94. The molecule has 0 heterocycles. The highest BCUT2D eigenvalue weighted by Crippen LogP contribution is 2.33. The number of hydrogen-bond donors (Lipinski definition) is 1. The number of benzene rings is 1. The summed E-state index contributed by atoms with van der Waals surface area (Å²) < 4.78 is 19.2. The Bertz CT molecular complexity index is 417. The van der Waals surface area contributed by atoms with Gasteiger partial charge in [0.05, 0.1) is 18.5 Å². The van der Waals surface area contributed by atoms with Crippen LogP contribution in [0.4, 0.5) is 15.8 Å². The zero-order valence-electron chi connectivity index (χ0n) is 11.1. The Balaban J connectivity index is 2.25. The second-order valence-electron chi connectivity index (χ2n) is 4.95. The van der Waals surface area contributed by atoms with E-state index in [1.54, 1.807) is 13.2 Å². The molecule has 1 aliphatic carbocycles. The third-order valence-electron chi connectivity index (χ3n) is 3.80. The summed E-state index contributed by atoms with van der Waals surface area (Å²) in [5.74, 6) is 0.260. The summed E-state index contributed by atoms with van der Waals surface area (Å²) in [5.41, 5.74) is 6.62. The Morgan fingerprint density at radius 2 is 1.94 bits per heavy atom. The minimum Gasteiger partial charge on any atom is -0.495 e. The van der Waals surface area contributed by atoms with Crippen LogP contribution < -0.4 is 15.4 Å². The molecule has 1 saturated carbocycles. The van der Waals surface area contributed by atoms with E-state index in [1.165, 1.54) is 25.3 Å². The first-order chi connectivity index (χ1) is 8.63. The quantitative estimate of drug-likeness (QED) is 0.840. The third-order valence-corrected chi connectivity index (χ3v) is 3.80. The maximum absolute atomic E-state index is 14.0. The van der Waals surface area contributed by atoms with Gasteiger partial charge in [0, 0.05) is 25.2 Å². The molecular formula is C14H21FN2O. The van der Waals surface area contributed by atoms with Crippen molar-refractivity contribution in [2.75, 3.05) is 24.8 Å². The summed E-state index contributed by atoms with van der Waals surface area (Å²) in [5, 5.41) is 0. The smallest absolute Gasteiger partial charge is 0.148 e. The molecule has 2 rings (SSSR count). The fourth-order valence-corrected chi connectivity index (χ4v) is 2.67. The van der Waals surface area contributed by atoms with E-state index >= 15 is 0 Å². The highest BCUT2D eigenvalue weighted by Gasteiger charge is 2.21. The van der Waals surface area contributed by atoms with Crippen LogP contribution in [0.15, 0.2) is 12.1 Å². The fraction of sp³-hybridized carbons (Fsp3) is 0.571. The van der Waals surface area contributed by atoms with Crippen LogP contribution in [0.2, 0.25) is 0 Å². The molecule has 0 saturated heterocycles. The molecule has 1 aromatic carbocycles. The number of rotatable bonds is 3. The van der Waals surface area contributed by atoms with Crippen LogP contribution in [0.5, 0.6) is 5.75 Å². The number of anilines is 2. The summed E-state index contributed by atoms with van der Waals surface area (Å²) in [4.78, 5) is 2.02. The summed E-state index contributed by atoms with van der Waals surface area (Å²) in [6.45, 7) is 0. The lowest BCUT2D eigenvalue weighted by Crippen LogP contribution is -2.33. The van der Waals surface area contributed by atoms with Gasteiger partial charge >= 0.3 is 0 Å². The molecule has 1 aliphatic rings. The zero-order valence-corrected chi connectivity index (χ0v) is 11.1. The van der Waals surface area contributed by atoms with Gasteiger partial charge in [0.25, 0.3) is 0 Å². The molecule has 18 heavy (non-hydrogen) atoms. The van der Waals surface area contributed by atoms with Crippen LogP contribution in [-0.4, -0.2) is 20.2 Å². The van der Waals surface area contributed by atoms with E-state index in [-0.39, 0.29) is 5.82 Å². The first-order valence-electron chi connectivity index (χ1n) is 6.49. The van der Waals surface area contributed by atoms with Crippen LogP contribution in [-0.2, 0) is 0 Å². The third kappa shape index (κ3) is 2.52. The van der Waals surface area contributed by atoms with Crippen molar-refractivity contribution in [3.63, 3.8) is 0 Å². The SMILES string of the molecule is COc1cc(N(C)C2CCCCC2)c(F)cc1N. The van der Waals surface area contributed by atoms with E-state index in [2.05, 4.69) is 0 Å². The number of ether oxygens (including phenoxy) is 1. The number of nitrogens with two attached hydrogens (primary N) is 1. The summed E-state index contributed by atoms with van der Waals surface area (Å²) in [6, 6.07) is 3.45. The van der Waals surface area contributed by atoms with Crippen molar-refractivity contribution in [2.45, 2.75) is 38.1 Å². The lowest BCUT2D eigenvalue weighted by molar-refractivity contribution is 0.411. The Labute approximate surface area is 108 Å². The molecule has 0 aromatic heterocycles. The van der Waals surface area contributed by atoms with Crippen LogP contribution >= 0.6 is 0 Å². The Morgan fingerprint density at radius 3 is 2.56 bits per heavy atom. The lowest BCUT2D eigenvalue weighted by Gasteiger charge is -2.33. The highest BCUT2D eigenvalue weighted by molar-refractivity contribution is 5.63. The standard InChI is InChI=1S/C14H21FN2O/c1-17(10-6-4-3-5-7-10)13-9-14(18-2)12(16)8-11(13)15/h8-10H,3-7,16H2,1-2H3. The van der Waals surface area contributed by atoms with Gasteiger partial charge in [-0.2, -0.15) is 0 Å². The van der Waals surface area contributed by atoms with Crippen LogP contribution in [0.3, 0.4) is 0 Å². The van der Waals surface area contributed by atoms with Gasteiger partial charge in [-0.25, -0.2) is 4.39 Å². The molecule has 4 heteroatoms. The molecule has 2 N–H and O–H groups in total. The van der Waals surface area contributed by atoms with Gasteiger partial charge in [0.1, 0.15) is 11.6 Å². The molecule has 0 unspecified atom stereocenters. The number of halogens is 1. The molecule has 1 aromatic rings. The molecule has 0 atom stereocenters. The second kappa shape index (κ2) is 5.46. The molecule has 0 spiro atoms. The number of nitrogens with zero attached hydrogens (tertiary/aromatic N) is 1. The van der Waals surface area contributed by atoms with E-state index in [9.17, 15) is 4.39 Å². The normalized spacial score (nSPS) is 16.6. The zero-order chi connectivity index (χ0) is 13.1. The minimum atomic E-state index is -0.277. The van der Waals surface area contributed by atoms with Crippen molar-refractivity contribution in [2.24, 2.45) is 0 Å². The van der Waals surface area contributed by atoms with Crippen molar-refractivity contribution >= 4 is 11.4 Å². The van der Waals surface area contributed by atoms with E-state index in [4.69, 9.17) is 10.5 Å². The summed E-state index contributed by atoms with van der Waals surface area (Å²) in [6.07, 6.45) is 5.99. The predicted molar refractivity (Wildman–Crippen MR) is 72.6 cm³/mol. The molecule has 0 bridgehead atoms. The van der Waals surface area contributed by atoms with Crippen LogP contribution in [0, 0.1) is 5.82 Å². The molecule has 0 amide bonds. The van der Waals surface area contributed by atoms with E-state index in [0.717, 1.165) is 12.8 Å². The van der Waals surface area contributed by atoms with Crippen LogP contribution in [0.1, 0.15) is 32.1 Å². The van der Waals surface area contributed by atoms with Gasteiger partial charge in [-0.3, -0.25) is 0 Å².